The Balaban J connectivity index is 2.10. The van der Waals surface area contributed by atoms with Gasteiger partial charge in [0, 0.05) is 0 Å². The number of benzene rings is 1. The fraction of sp³-hybridized carbons (Fsp3) is 0.538. The standard InChI is InChI=1S/C13H18O2/c1-8-5-4-6-12(14)11(8)7-9(2)13-10(3)15-13/h4-6,9-10,13-14H,7H2,1-3H3. The van der Waals surface area contributed by atoms with E-state index >= 15 is 0 Å². The van der Waals surface area contributed by atoms with Gasteiger partial charge in [0.2, 0.25) is 0 Å². The van der Waals surface area contributed by atoms with Crippen molar-refractivity contribution >= 4 is 0 Å². The number of hydrogen-bond donors (Lipinski definition) is 1. The molecule has 0 bridgehead atoms. The molecule has 1 aromatic rings. The molecule has 0 amide bonds. The van der Waals surface area contributed by atoms with Crippen LogP contribution in [0.1, 0.15) is 25.0 Å². The van der Waals surface area contributed by atoms with Crippen LogP contribution in [0.5, 0.6) is 5.75 Å². The van der Waals surface area contributed by atoms with E-state index in [4.69, 9.17) is 4.74 Å². The molecule has 2 nitrogen and oxygen atoms in total. The molecular formula is C13H18O2. The Morgan fingerprint density at radius 1 is 1.47 bits per heavy atom. The van der Waals surface area contributed by atoms with Crippen molar-refractivity contribution in [2.75, 3.05) is 0 Å². The van der Waals surface area contributed by atoms with Gasteiger partial charge in [-0.25, -0.2) is 0 Å². The van der Waals surface area contributed by atoms with E-state index in [1.165, 1.54) is 0 Å². The van der Waals surface area contributed by atoms with Crippen LogP contribution in [0.4, 0.5) is 0 Å². The first kappa shape index (κ1) is 10.5. The van der Waals surface area contributed by atoms with E-state index in [-0.39, 0.29) is 0 Å². The highest BCUT2D eigenvalue weighted by atomic mass is 16.6. The average Bonchev–Trinajstić information content (AvgIpc) is 2.89. The van der Waals surface area contributed by atoms with Gasteiger partial charge < -0.3 is 9.84 Å². The Kier molecular flexibility index (Phi) is 2.70. The first-order chi connectivity index (χ1) is 7.09. The number of phenols is 1. The molecule has 1 aliphatic heterocycles. The first-order valence-electron chi connectivity index (χ1n) is 5.52. The summed E-state index contributed by atoms with van der Waals surface area (Å²) in [5.41, 5.74) is 2.22. The molecule has 3 unspecified atom stereocenters. The summed E-state index contributed by atoms with van der Waals surface area (Å²) < 4.78 is 5.45. The van der Waals surface area contributed by atoms with Crippen molar-refractivity contribution < 1.29 is 9.84 Å². The largest absolute Gasteiger partial charge is 0.508 e. The average molecular weight is 206 g/mol. The van der Waals surface area contributed by atoms with Crippen molar-refractivity contribution in [1.29, 1.82) is 0 Å². The fourth-order valence-electron chi connectivity index (χ4n) is 2.19. The summed E-state index contributed by atoms with van der Waals surface area (Å²) in [7, 11) is 0. The lowest BCUT2D eigenvalue weighted by molar-refractivity contribution is 0.326. The van der Waals surface area contributed by atoms with Crippen molar-refractivity contribution in [3.8, 4) is 5.75 Å². The Morgan fingerprint density at radius 3 is 2.67 bits per heavy atom. The number of aryl methyl sites for hydroxylation is 1. The Hall–Kier alpha value is -1.02. The lowest BCUT2D eigenvalue weighted by Gasteiger charge is -2.12. The highest BCUT2D eigenvalue weighted by Gasteiger charge is 2.39. The van der Waals surface area contributed by atoms with Gasteiger partial charge in [-0.2, -0.15) is 0 Å². The summed E-state index contributed by atoms with van der Waals surface area (Å²) in [6, 6.07) is 5.68. The zero-order valence-corrected chi connectivity index (χ0v) is 9.53. The molecule has 1 N–H and O–H groups in total. The van der Waals surface area contributed by atoms with Crippen molar-refractivity contribution in [1.82, 2.24) is 0 Å². The summed E-state index contributed by atoms with van der Waals surface area (Å²) in [6.07, 6.45) is 1.67. The lowest BCUT2D eigenvalue weighted by Crippen LogP contribution is -2.10. The molecule has 2 heteroatoms. The van der Waals surface area contributed by atoms with Gasteiger partial charge in [-0.3, -0.25) is 0 Å². The van der Waals surface area contributed by atoms with E-state index in [0.717, 1.165) is 17.5 Å². The third kappa shape index (κ3) is 2.15. The van der Waals surface area contributed by atoms with Crippen molar-refractivity contribution in [3.63, 3.8) is 0 Å². The molecule has 0 radical (unpaired) electrons. The van der Waals surface area contributed by atoms with Gasteiger partial charge in [0.1, 0.15) is 5.75 Å². The van der Waals surface area contributed by atoms with Crippen LogP contribution in [-0.2, 0) is 11.2 Å². The molecule has 15 heavy (non-hydrogen) atoms. The fourth-order valence-corrected chi connectivity index (χ4v) is 2.19. The minimum atomic E-state index is 0.379. The number of rotatable bonds is 3. The highest BCUT2D eigenvalue weighted by molar-refractivity contribution is 5.38. The molecule has 0 saturated carbocycles. The maximum atomic E-state index is 9.77. The van der Waals surface area contributed by atoms with Gasteiger partial charge >= 0.3 is 0 Å². The molecule has 1 fully saturated rings. The van der Waals surface area contributed by atoms with Gasteiger partial charge in [0.25, 0.3) is 0 Å². The van der Waals surface area contributed by atoms with Gasteiger partial charge in [-0.15, -0.1) is 0 Å². The molecule has 3 atom stereocenters. The molecule has 1 aliphatic rings. The summed E-state index contributed by atoms with van der Waals surface area (Å²) >= 11 is 0. The maximum absolute atomic E-state index is 9.77. The number of ether oxygens (including phenoxy) is 1. The van der Waals surface area contributed by atoms with Crippen LogP contribution in [0.25, 0.3) is 0 Å². The summed E-state index contributed by atoms with van der Waals surface area (Å²) in [5, 5.41) is 9.77. The van der Waals surface area contributed by atoms with E-state index in [1.54, 1.807) is 6.07 Å². The molecule has 1 saturated heterocycles. The van der Waals surface area contributed by atoms with Crippen molar-refractivity contribution in [2.24, 2.45) is 5.92 Å². The van der Waals surface area contributed by atoms with Crippen LogP contribution in [-0.4, -0.2) is 17.3 Å². The van der Waals surface area contributed by atoms with Crippen molar-refractivity contribution in [2.45, 2.75) is 39.4 Å². The SMILES string of the molecule is Cc1cccc(O)c1CC(C)C1OC1C. The minimum Gasteiger partial charge on any atom is -0.508 e. The second-order valence-electron chi connectivity index (χ2n) is 4.56. The smallest absolute Gasteiger partial charge is 0.119 e. The van der Waals surface area contributed by atoms with Crippen LogP contribution in [0.2, 0.25) is 0 Å². The number of phenolic OH excluding ortho intramolecular Hbond substituents is 1. The van der Waals surface area contributed by atoms with Crippen LogP contribution in [0.3, 0.4) is 0 Å². The quantitative estimate of drug-likeness (QED) is 0.771. The second kappa shape index (κ2) is 3.86. The molecule has 1 heterocycles. The third-order valence-corrected chi connectivity index (χ3v) is 3.23. The minimum absolute atomic E-state index is 0.379. The zero-order chi connectivity index (χ0) is 11.0. The number of epoxide rings is 1. The molecule has 82 valence electrons. The predicted octanol–water partition coefficient (Wildman–Crippen LogP) is 2.67. The Bertz CT molecular complexity index is 339. The van der Waals surface area contributed by atoms with E-state index < -0.39 is 0 Å². The van der Waals surface area contributed by atoms with Gasteiger partial charge in [0.05, 0.1) is 12.2 Å². The van der Waals surface area contributed by atoms with E-state index in [1.807, 2.05) is 19.1 Å². The Morgan fingerprint density at radius 2 is 2.13 bits per heavy atom. The first-order valence-corrected chi connectivity index (χ1v) is 5.52. The van der Waals surface area contributed by atoms with Crippen molar-refractivity contribution in [3.05, 3.63) is 29.3 Å². The summed E-state index contributed by atoms with van der Waals surface area (Å²) in [4.78, 5) is 0. The van der Waals surface area contributed by atoms with Crippen LogP contribution < -0.4 is 0 Å². The molecule has 0 spiro atoms. The Labute approximate surface area is 90.9 Å². The molecule has 0 aromatic heterocycles. The zero-order valence-electron chi connectivity index (χ0n) is 9.53. The van der Waals surface area contributed by atoms with Gasteiger partial charge in [-0.1, -0.05) is 19.1 Å². The molecule has 1 aromatic carbocycles. The van der Waals surface area contributed by atoms with Crippen LogP contribution in [0.15, 0.2) is 18.2 Å². The monoisotopic (exact) mass is 206 g/mol. The predicted molar refractivity (Wildman–Crippen MR) is 60.0 cm³/mol. The maximum Gasteiger partial charge on any atom is 0.119 e. The topological polar surface area (TPSA) is 32.8 Å². The molecule has 2 rings (SSSR count). The van der Waals surface area contributed by atoms with E-state index in [2.05, 4.69) is 13.8 Å². The van der Waals surface area contributed by atoms with Crippen LogP contribution in [0, 0.1) is 12.8 Å². The molecule has 0 aliphatic carbocycles. The summed E-state index contributed by atoms with van der Waals surface area (Å²) in [5.74, 6) is 0.891. The van der Waals surface area contributed by atoms with Crippen LogP contribution >= 0.6 is 0 Å². The summed E-state index contributed by atoms with van der Waals surface area (Å²) in [6.45, 7) is 6.32. The number of aromatic hydroxyl groups is 1. The van der Waals surface area contributed by atoms with Gasteiger partial charge in [-0.05, 0) is 43.4 Å². The third-order valence-electron chi connectivity index (χ3n) is 3.23. The molecular weight excluding hydrogens is 188 g/mol. The van der Waals surface area contributed by atoms with E-state index in [9.17, 15) is 5.11 Å². The second-order valence-corrected chi connectivity index (χ2v) is 4.56. The van der Waals surface area contributed by atoms with Gasteiger partial charge in [0.15, 0.2) is 0 Å². The normalized spacial score (nSPS) is 26.3. The van der Waals surface area contributed by atoms with E-state index in [0.29, 0.717) is 23.9 Å². The number of hydrogen-bond acceptors (Lipinski definition) is 2. The highest BCUT2D eigenvalue weighted by Crippen LogP contribution is 2.33. The lowest BCUT2D eigenvalue weighted by atomic mass is 9.93.